The van der Waals surface area contributed by atoms with Crippen LogP contribution in [-0.2, 0) is 16.8 Å². The number of hydrogen-bond donors (Lipinski definition) is 2. The number of anilines is 1. The lowest BCUT2D eigenvalue weighted by atomic mass is 9.74. The van der Waals surface area contributed by atoms with E-state index in [2.05, 4.69) is 22.6 Å². The first-order valence-corrected chi connectivity index (χ1v) is 11.4. The lowest BCUT2D eigenvalue weighted by Crippen LogP contribution is -2.52. The third-order valence-corrected chi connectivity index (χ3v) is 7.07. The van der Waals surface area contributed by atoms with Crippen molar-refractivity contribution in [1.82, 2.24) is 15.2 Å². The van der Waals surface area contributed by atoms with E-state index < -0.39 is 5.54 Å². The van der Waals surface area contributed by atoms with Gasteiger partial charge in [-0.2, -0.15) is 0 Å². The molecular formula is C22H29ClN4O3. The van der Waals surface area contributed by atoms with Crippen molar-refractivity contribution in [2.24, 2.45) is 5.92 Å². The molecule has 0 atom stereocenters. The molecular weight excluding hydrogens is 404 g/mol. The zero-order valence-corrected chi connectivity index (χ0v) is 18.2. The number of nitrogens with zero attached hydrogens (tertiary/aromatic N) is 2. The fraction of sp³-hybridized carbons (Fsp3) is 0.636. The van der Waals surface area contributed by atoms with Gasteiger partial charge in [0.05, 0.1) is 22.8 Å². The molecule has 5 rings (SSSR count). The zero-order chi connectivity index (χ0) is 20.7. The minimum absolute atomic E-state index is 0.193. The molecule has 2 aliphatic heterocycles. The summed E-state index contributed by atoms with van der Waals surface area (Å²) in [4.78, 5) is 19.4. The van der Waals surface area contributed by atoms with E-state index in [-0.39, 0.29) is 6.03 Å². The molecule has 2 amide bonds. The van der Waals surface area contributed by atoms with Crippen molar-refractivity contribution in [1.29, 1.82) is 0 Å². The highest BCUT2D eigenvalue weighted by molar-refractivity contribution is 6.35. The highest BCUT2D eigenvalue weighted by atomic mass is 35.5. The molecule has 1 aromatic carbocycles. The molecule has 2 fully saturated rings. The van der Waals surface area contributed by atoms with Crippen LogP contribution in [-0.4, -0.2) is 42.7 Å². The van der Waals surface area contributed by atoms with Crippen molar-refractivity contribution >= 4 is 34.4 Å². The number of carbonyl (C=O) groups excluding carboxylic acids is 1. The summed E-state index contributed by atoms with van der Waals surface area (Å²) >= 11 is 6.59. The first-order valence-electron chi connectivity index (χ1n) is 11.0. The molecule has 3 aliphatic rings. The summed E-state index contributed by atoms with van der Waals surface area (Å²) in [5.74, 6) is 1.34. The molecule has 0 unspecified atom stereocenters. The van der Waals surface area contributed by atoms with Crippen LogP contribution in [0.3, 0.4) is 0 Å². The van der Waals surface area contributed by atoms with E-state index in [0.717, 1.165) is 74.9 Å². The van der Waals surface area contributed by atoms with E-state index in [1.54, 1.807) is 0 Å². The quantitative estimate of drug-likeness (QED) is 0.736. The van der Waals surface area contributed by atoms with Gasteiger partial charge < -0.3 is 19.8 Å². The van der Waals surface area contributed by atoms with Gasteiger partial charge in [0, 0.05) is 25.3 Å². The number of oxazole rings is 1. The standard InChI is InChI=1S/C22H29ClN4O3/c1-27(12-14-5-9-29-10-6-14)13-17-24-16-11-15(23)19-18(20(16)30-17)22(26-21(28)25-19)7-3-2-4-8-22/h11,14H,2-10,12-13H2,1H3,(H2,25,26,28). The fourth-order valence-electron chi connectivity index (χ4n) is 5.35. The Morgan fingerprint density at radius 3 is 2.80 bits per heavy atom. The van der Waals surface area contributed by atoms with E-state index >= 15 is 0 Å². The van der Waals surface area contributed by atoms with Gasteiger partial charge in [-0.1, -0.05) is 30.9 Å². The third-order valence-electron chi connectivity index (χ3n) is 6.77. The van der Waals surface area contributed by atoms with Crippen LogP contribution in [0.15, 0.2) is 10.5 Å². The summed E-state index contributed by atoms with van der Waals surface area (Å²) in [5.41, 5.74) is 2.72. The molecule has 30 heavy (non-hydrogen) atoms. The first-order chi connectivity index (χ1) is 14.5. The number of carbonyl (C=O) groups is 1. The van der Waals surface area contributed by atoms with Crippen molar-refractivity contribution in [3.8, 4) is 0 Å². The number of rotatable bonds is 4. The number of amides is 2. The smallest absolute Gasteiger partial charge is 0.319 e. The van der Waals surface area contributed by atoms with Crippen LogP contribution in [0.4, 0.5) is 10.5 Å². The number of fused-ring (bicyclic) bond motifs is 4. The maximum atomic E-state index is 12.4. The maximum absolute atomic E-state index is 12.4. The minimum Gasteiger partial charge on any atom is -0.439 e. The summed E-state index contributed by atoms with van der Waals surface area (Å²) in [6, 6.07) is 1.62. The van der Waals surface area contributed by atoms with Gasteiger partial charge in [0.15, 0.2) is 5.58 Å². The third kappa shape index (κ3) is 3.67. The Balaban J connectivity index is 1.47. The van der Waals surface area contributed by atoms with E-state index in [4.69, 9.17) is 25.7 Å². The normalized spacial score (nSPS) is 21.6. The first kappa shape index (κ1) is 20.1. The highest BCUT2D eigenvalue weighted by Crippen LogP contribution is 2.48. The van der Waals surface area contributed by atoms with Crippen LogP contribution in [0.2, 0.25) is 5.02 Å². The molecule has 0 radical (unpaired) electrons. The summed E-state index contributed by atoms with van der Waals surface area (Å²) in [5, 5.41) is 6.62. The van der Waals surface area contributed by atoms with Gasteiger partial charge in [0.25, 0.3) is 0 Å². The van der Waals surface area contributed by atoms with Crippen LogP contribution in [0.25, 0.3) is 11.1 Å². The van der Waals surface area contributed by atoms with E-state index in [1.165, 1.54) is 6.42 Å². The van der Waals surface area contributed by atoms with Crippen LogP contribution in [0.5, 0.6) is 0 Å². The Kier molecular flexibility index (Phi) is 5.37. The SMILES string of the molecule is CN(Cc1nc2cc(Cl)c3c(c2o1)C1(CCCCC1)NC(=O)N3)CC1CCOCC1. The Labute approximate surface area is 181 Å². The highest BCUT2D eigenvalue weighted by Gasteiger charge is 2.44. The molecule has 8 heteroatoms. The van der Waals surface area contributed by atoms with Crippen LogP contribution >= 0.6 is 11.6 Å². The van der Waals surface area contributed by atoms with E-state index in [1.807, 2.05) is 6.07 Å². The fourth-order valence-corrected chi connectivity index (χ4v) is 5.59. The Morgan fingerprint density at radius 2 is 2.03 bits per heavy atom. The van der Waals surface area contributed by atoms with Crippen molar-refractivity contribution in [2.75, 3.05) is 32.1 Å². The lowest BCUT2D eigenvalue weighted by Gasteiger charge is -2.42. The van der Waals surface area contributed by atoms with Crippen molar-refractivity contribution in [3.05, 3.63) is 22.5 Å². The Bertz CT molecular complexity index is 947. The molecule has 1 aliphatic carbocycles. The van der Waals surface area contributed by atoms with Gasteiger partial charge in [-0.3, -0.25) is 4.90 Å². The van der Waals surface area contributed by atoms with Crippen molar-refractivity contribution in [2.45, 2.75) is 57.0 Å². The number of urea groups is 1. The van der Waals surface area contributed by atoms with Gasteiger partial charge in [-0.25, -0.2) is 9.78 Å². The zero-order valence-electron chi connectivity index (χ0n) is 17.4. The summed E-state index contributed by atoms with van der Waals surface area (Å²) in [7, 11) is 2.11. The van der Waals surface area contributed by atoms with Gasteiger partial charge in [0.1, 0.15) is 5.52 Å². The van der Waals surface area contributed by atoms with Gasteiger partial charge in [0.2, 0.25) is 5.89 Å². The molecule has 1 saturated carbocycles. The van der Waals surface area contributed by atoms with E-state index in [0.29, 0.717) is 29.1 Å². The number of nitrogens with one attached hydrogen (secondary N) is 2. The molecule has 3 heterocycles. The molecule has 1 aromatic heterocycles. The van der Waals surface area contributed by atoms with Crippen molar-refractivity contribution in [3.63, 3.8) is 0 Å². The van der Waals surface area contributed by atoms with Gasteiger partial charge in [-0.05, 0) is 44.7 Å². The monoisotopic (exact) mass is 432 g/mol. The predicted molar refractivity (Wildman–Crippen MR) is 116 cm³/mol. The molecule has 162 valence electrons. The molecule has 2 N–H and O–H groups in total. The molecule has 0 bridgehead atoms. The Hall–Kier alpha value is -1.83. The summed E-state index contributed by atoms with van der Waals surface area (Å²) in [6.07, 6.45) is 7.32. The van der Waals surface area contributed by atoms with E-state index in [9.17, 15) is 4.79 Å². The average molecular weight is 433 g/mol. The second kappa shape index (κ2) is 8.02. The molecule has 1 saturated heterocycles. The van der Waals surface area contributed by atoms with Crippen LogP contribution < -0.4 is 10.6 Å². The largest absolute Gasteiger partial charge is 0.439 e. The predicted octanol–water partition coefficient (Wildman–Crippen LogP) is 4.63. The maximum Gasteiger partial charge on any atom is 0.319 e. The summed E-state index contributed by atoms with van der Waals surface area (Å²) < 4.78 is 11.8. The molecule has 7 nitrogen and oxygen atoms in total. The second-order valence-corrected chi connectivity index (χ2v) is 9.45. The molecule has 1 spiro atoms. The van der Waals surface area contributed by atoms with Crippen LogP contribution in [0, 0.1) is 5.92 Å². The number of hydrogen-bond acceptors (Lipinski definition) is 5. The van der Waals surface area contributed by atoms with Crippen LogP contribution in [0.1, 0.15) is 56.4 Å². The Morgan fingerprint density at radius 1 is 1.27 bits per heavy atom. The average Bonchev–Trinajstić information content (AvgIpc) is 3.10. The number of ether oxygens (including phenoxy) is 1. The van der Waals surface area contributed by atoms with Crippen molar-refractivity contribution < 1.29 is 13.9 Å². The topological polar surface area (TPSA) is 79.6 Å². The number of aromatic nitrogens is 1. The number of halogens is 1. The number of benzene rings is 1. The second-order valence-electron chi connectivity index (χ2n) is 9.04. The minimum atomic E-state index is -0.427. The van der Waals surface area contributed by atoms with Gasteiger partial charge in [-0.15, -0.1) is 0 Å². The van der Waals surface area contributed by atoms with Gasteiger partial charge >= 0.3 is 6.03 Å². The molecule has 2 aromatic rings. The lowest BCUT2D eigenvalue weighted by molar-refractivity contribution is 0.0541. The summed E-state index contributed by atoms with van der Waals surface area (Å²) in [6.45, 7) is 3.35.